The highest BCUT2D eigenvalue weighted by Crippen LogP contribution is 2.24. The second kappa shape index (κ2) is 11.7. The molecule has 0 atom stereocenters. The van der Waals surface area contributed by atoms with Crippen LogP contribution in [0.5, 0.6) is 5.75 Å². The van der Waals surface area contributed by atoms with Gasteiger partial charge in [-0.25, -0.2) is 0 Å². The molecule has 0 spiro atoms. The summed E-state index contributed by atoms with van der Waals surface area (Å²) in [7, 11) is 1.89. The highest BCUT2D eigenvalue weighted by Gasteiger charge is 2.11. The number of nitrogens with one attached hydrogen (secondary N) is 2. The summed E-state index contributed by atoms with van der Waals surface area (Å²) in [6.07, 6.45) is 5.86. The molecule has 0 aliphatic carbocycles. The van der Waals surface area contributed by atoms with Crippen molar-refractivity contribution in [2.24, 2.45) is 0 Å². The third kappa shape index (κ3) is 6.07. The van der Waals surface area contributed by atoms with Gasteiger partial charge in [0.25, 0.3) is 0 Å². The Hall–Kier alpha value is -2.37. The number of likely N-dealkylation sites (tertiary alicyclic amines) is 1. The summed E-state index contributed by atoms with van der Waals surface area (Å²) in [5.41, 5.74) is 5.14. The number of rotatable bonds is 11. The summed E-state index contributed by atoms with van der Waals surface area (Å²) in [6.45, 7) is 7.59. The molecule has 162 valence electrons. The van der Waals surface area contributed by atoms with E-state index in [1.807, 2.05) is 31.3 Å². The summed E-state index contributed by atoms with van der Waals surface area (Å²) in [6, 6.07) is 12.3. The zero-order valence-corrected chi connectivity index (χ0v) is 18.4. The lowest BCUT2D eigenvalue weighted by atomic mass is 10.0. The van der Waals surface area contributed by atoms with E-state index in [-0.39, 0.29) is 0 Å². The quantitative estimate of drug-likeness (QED) is 0.543. The maximum absolute atomic E-state index is 11.6. The standard InChI is InChI=1S/C25H35N3O2/c1-3-20-16-23(30-15-14-28-12-5-4-6-13-28)10-11-25(20)27-18-22-9-7-8-21(17-26-2)24(22)19-29/h7-11,16,19,26-27H,3-6,12-15,17-18H2,1-2H3. The second-order valence-electron chi connectivity index (χ2n) is 7.91. The van der Waals surface area contributed by atoms with Crippen molar-refractivity contribution >= 4 is 12.0 Å². The molecule has 0 saturated carbocycles. The summed E-state index contributed by atoms with van der Waals surface area (Å²) >= 11 is 0. The molecule has 0 aromatic heterocycles. The summed E-state index contributed by atoms with van der Waals surface area (Å²) in [5, 5.41) is 6.64. The van der Waals surface area contributed by atoms with Crippen LogP contribution in [0.25, 0.3) is 0 Å². The molecule has 2 aromatic rings. The predicted molar refractivity (Wildman–Crippen MR) is 124 cm³/mol. The van der Waals surface area contributed by atoms with E-state index in [2.05, 4.69) is 34.6 Å². The number of hydrogen-bond acceptors (Lipinski definition) is 5. The lowest BCUT2D eigenvalue weighted by Crippen LogP contribution is -2.33. The number of carbonyl (C=O) groups is 1. The summed E-state index contributed by atoms with van der Waals surface area (Å²) in [5.74, 6) is 0.930. The molecule has 5 heteroatoms. The molecule has 2 N–H and O–H groups in total. The van der Waals surface area contributed by atoms with Gasteiger partial charge in [0.2, 0.25) is 0 Å². The minimum absolute atomic E-state index is 0.619. The minimum Gasteiger partial charge on any atom is -0.492 e. The van der Waals surface area contributed by atoms with Gasteiger partial charge in [-0.1, -0.05) is 31.5 Å². The number of anilines is 1. The van der Waals surface area contributed by atoms with Gasteiger partial charge < -0.3 is 15.4 Å². The summed E-state index contributed by atoms with van der Waals surface area (Å²) in [4.78, 5) is 14.1. The first-order chi connectivity index (χ1) is 14.7. The normalized spacial score (nSPS) is 14.5. The average molecular weight is 410 g/mol. The van der Waals surface area contributed by atoms with E-state index in [9.17, 15) is 4.79 Å². The van der Waals surface area contributed by atoms with E-state index in [0.717, 1.165) is 54.0 Å². The predicted octanol–water partition coefficient (Wildman–Crippen LogP) is 4.26. The van der Waals surface area contributed by atoms with E-state index in [0.29, 0.717) is 13.1 Å². The van der Waals surface area contributed by atoms with Crippen LogP contribution in [0.4, 0.5) is 5.69 Å². The Morgan fingerprint density at radius 1 is 1.03 bits per heavy atom. The molecule has 0 unspecified atom stereocenters. The Morgan fingerprint density at radius 3 is 2.50 bits per heavy atom. The molecule has 2 aromatic carbocycles. The molecule has 30 heavy (non-hydrogen) atoms. The topological polar surface area (TPSA) is 53.6 Å². The lowest BCUT2D eigenvalue weighted by molar-refractivity contribution is 0.112. The van der Waals surface area contributed by atoms with Gasteiger partial charge in [-0.3, -0.25) is 9.69 Å². The van der Waals surface area contributed by atoms with Gasteiger partial charge >= 0.3 is 0 Å². The average Bonchev–Trinajstić information content (AvgIpc) is 2.79. The van der Waals surface area contributed by atoms with Crippen molar-refractivity contribution in [1.29, 1.82) is 0 Å². The van der Waals surface area contributed by atoms with Crippen molar-refractivity contribution in [3.05, 3.63) is 58.7 Å². The van der Waals surface area contributed by atoms with E-state index in [1.54, 1.807) is 0 Å². The van der Waals surface area contributed by atoms with Crippen molar-refractivity contribution in [2.45, 2.75) is 45.7 Å². The van der Waals surface area contributed by atoms with E-state index in [1.165, 1.54) is 37.9 Å². The van der Waals surface area contributed by atoms with Crippen LogP contribution in [-0.4, -0.2) is 44.5 Å². The van der Waals surface area contributed by atoms with Crippen LogP contribution in [0, 0.1) is 0 Å². The van der Waals surface area contributed by atoms with Crippen LogP contribution >= 0.6 is 0 Å². The molecule has 0 radical (unpaired) electrons. The lowest BCUT2D eigenvalue weighted by Gasteiger charge is -2.26. The SMILES string of the molecule is CCc1cc(OCCN2CCCCC2)ccc1NCc1cccc(CNC)c1C=O. The van der Waals surface area contributed by atoms with Crippen LogP contribution in [0.15, 0.2) is 36.4 Å². The van der Waals surface area contributed by atoms with Gasteiger partial charge in [-0.05, 0) is 74.3 Å². The third-order valence-electron chi connectivity index (χ3n) is 5.82. The number of aldehydes is 1. The Labute approximate surface area is 180 Å². The van der Waals surface area contributed by atoms with E-state index >= 15 is 0 Å². The van der Waals surface area contributed by atoms with Crippen molar-refractivity contribution in [2.75, 3.05) is 38.6 Å². The molecule has 5 nitrogen and oxygen atoms in total. The van der Waals surface area contributed by atoms with Crippen LogP contribution in [0.3, 0.4) is 0 Å². The van der Waals surface area contributed by atoms with Gasteiger partial charge in [-0.15, -0.1) is 0 Å². The Morgan fingerprint density at radius 2 is 1.80 bits per heavy atom. The van der Waals surface area contributed by atoms with Gasteiger partial charge in [0, 0.05) is 30.9 Å². The molecule has 1 heterocycles. The maximum atomic E-state index is 11.6. The molecule has 1 aliphatic heterocycles. The van der Waals surface area contributed by atoms with E-state index in [4.69, 9.17) is 4.74 Å². The Kier molecular flexibility index (Phi) is 8.72. The number of benzene rings is 2. The fraction of sp³-hybridized carbons (Fsp3) is 0.480. The van der Waals surface area contributed by atoms with Crippen molar-refractivity contribution in [3.8, 4) is 5.75 Å². The zero-order chi connectivity index (χ0) is 21.2. The Bertz CT molecular complexity index is 816. The highest BCUT2D eigenvalue weighted by atomic mass is 16.5. The maximum Gasteiger partial charge on any atom is 0.150 e. The molecule has 1 saturated heterocycles. The number of hydrogen-bond donors (Lipinski definition) is 2. The first kappa shape index (κ1) is 22.3. The largest absolute Gasteiger partial charge is 0.492 e. The third-order valence-corrected chi connectivity index (χ3v) is 5.82. The van der Waals surface area contributed by atoms with Crippen LogP contribution in [-0.2, 0) is 19.5 Å². The minimum atomic E-state index is 0.619. The molecule has 0 amide bonds. The smallest absolute Gasteiger partial charge is 0.150 e. The monoisotopic (exact) mass is 409 g/mol. The van der Waals surface area contributed by atoms with Crippen LogP contribution < -0.4 is 15.4 Å². The van der Waals surface area contributed by atoms with Gasteiger partial charge in [0.1, 0.15) is 12.4 Å². The number of ether oxygens (including phenoxy) is 1. The van der Waals surface area contributed by atoms with Crippen molar-refractivity contribution in [1.82, 2.24) is 10.2 Å². The first-order valence-electron chi connectivity index (χ1n) is 11.2. The molecule has 1 aliphatic rings. The van der Waals surface area contributed by atoms with Crippen molar-refractivity contribution < 1.29 is 9.53 Å². The number of aryl methyl sites for hydroxylation is 1. The second-order valence-corrected chi connectivity index (χ2v) is 7.91. The van der Waals surface area contributed by atoms with E-state index < -0.39 is 0 Å². The molecular formula is C25H35N3O2. The Balaban J connectivity index is 1.60. The molecule has 1 fully saturated rings. The number of carbonyl (C=O) groups excluding carboxylic acids is 1. The van der Waals surface area contributed by atoms with Crippen LogP contribution in [0.1, 0.15) is 53.2 Å². The van der Waals surface area contributed by atoms with Crippen LogP contribution in [0.2, 0.25) is 0 Å². The van der Waals surface area contributed by atoms with Gasteiger partial charge in [0.05, 0.1) is 0 Å². The fourth-order valence-corrected chi connectivity index (χ4v) is 4.11. The zero-order valence-electron chi connectivity index (χ0n) is 18.4. The summed E-state index contributed by atoms with van der Waals surface area (Å²) < 4.78 is 6.03. The molecule has 0 bridgehead atoms. The first-order valence-corrected chi connectivity index (χ1v) is 11.2. The van der Waals surface area contributed by atoms with Gasteiger partial charge in [0.15, 0.2) is 6.29 Å². The number of piperidine rings is 1. The van der Waals surface area contributed by atoms with Gasteiger partial charge in [-0.2, -0.15) is 0 Å². The fourth-order valence-electron chi connectivity index (χ4n) is 4.11. The highest BCUT2D eigenvalue weighted by molar-refractivity contribution is 5.80. The van der Waals surface area contributed by atoms with Crippen molar-refractivity contribution in [3.63, 3.8) is 0 Å². The number of nitrogens with zero attached hydrogens (tertiary/aromatic N) is 1. The molecular weight excluding hydrogens is 374 g/mol. The molecule has 3 rings (SSSR count).